The molecule has 2 aromatic rings. The first kappa shape index (κ1) is 18.9. The summed E-state index contributed by atoms with van der Waals surface area (Å²) >= 11 is 0. The molecule has 0 atom stereocenters. The first-order valence-electron chi connectivity index (χ1n) is 11.5. The molecule has 3 aliphatic rings. The van der Waals surface area contributed by atoms with Gasteiger partial charge in [-0.2, -0.15) is 5.10 Å². The molecule has 2 N–H and O–H groups in total. The molecule has 0 radical (unpaired) electrons. The number of nitrogens with one attached hydrogen (secondary N) is 2. The molecule has 3 heterocycles. The van der Waals surface area contributed by atoms with Gasteiger partial charge in [0.15, 0.2) is 5.65 Å². The number of aromatic nitrogens is 3. The Hall–Kier alpha value is -2.08. The van der Waals surface area contributed by atoms with Crippen LogP contribution in [-0.4, -0.2) is 26.4 Å². The van der Waals surface area contributed by atoms with Crippen LogP contribution in [-0.2, 0) is 11.4 Å². The van der Waals surface area contributed by atoms with Crippen molar-refractivity contribution < 1.29 is 4.84 Å². The lowest BCUT2D eigenvalue weighted by atomic mass is 9.84. The summed E-state index contributed by atoms with van der Waals surface area (Å²) in [6, 6.07) is 0.518. The van der Waals surface area contributed by atoms with E-state index in [-0.39, 0.29) is 5.60 Å². The molecule has 2 fully saturated rings. The summed E-state index contributed by atoms with van der Waals surface area (Å²) in [6.45, 7) is 5.05. The highest BCUT2D eigenvalue weighted by Gasteiger charge is 2.37. The monoisotopic (exact) mass is 395 g/mol. The Kier molecular flexibility index (Phi) is 4.98. The Labute approximate surface area is 173 Å². The van der Waals surface area contributed by atoms with E-state index in [0.29, 0.717) is 6.04 Å². The lowest BCUT2D eigenvalue weighted by Gasteiger charge is -2.29. The van der Waals surface area contributed by atoms with Crippen molar-refractivity contribution in [3.05, 3.63) is 23.5 Å². The Bertz CT molecular complexity index is 919. The van der Waals surface area contributed by atoms with Crippen LogP contribution in [0.3, 0.4) is 0 Å². The number of fused-ring (bicyclic) bond motifs is 1. The molecule has 0 saturated heterocycles. The van der Waals surface area contributed by atoms with Crippen molar-refractivity contribution in [3.8, 4) is 0 Å². The summed E-state index contributed by atoms with van der Waals surface area (Å²) in [5, 5.41) is 9.82. The van der Waals surface area contributed by atoms with Crippen LogP contribution in [0.4, 0.5) is 5.69 Å². The maximum absolute atomic E-state index is 6.14. The van der Waals surface area contributed by atoms with Gasteiger partial charge in [-0.05, 0) is 45.6 Å². The third kappa shape index (κ3) is 3.41. The zero-order chi connectivity index (χ0) is 19.8. The fraction of sp³-hybridized carbons (Fsp3) is 0.652. The molecule has 6 nitrogen and oxygen atoms in total. The van der Waals surface area contributed by atoms with Gasteiger partial charge >= 0.3 is 0 Å². The van der Waals surface area contributed by atoms with E-state index in [1.807, 2.05) is 10.9 Å². The molecule has 2 saturated carbocycles. The molecule has 2 aliphatic carbocycles. The zero-order valence-corrected chi connectivity index (χ0v) is 17.8. The van der Waals surface area contributed by atoms with Crippen molar-refractivity contribution >= 4 is 22.4 Å². The summed E-state index contributed by atoms with van der Waals surface area (Å²) in [6.07, 6.45) is 16.7. The van der Waals surface area contributed by atoms with Gasteiger partial charge in [0.1, 0.15) is 5.60 Å². The number of hydroxylamine groups is 1. The Morgan fingerprint density at radius 2 is 1.93 bits per heavy atom. The summed E-state index contributed by atoms with van der Waals surface area (Å²) in [5.41, 5.74) is 8.49. The van der Waals surface area contributed by atoms with Crippen LogP contribution in [0.15, 0.2) is 12.3 Å². The predicted molar refractivity (Wildman–Crippen MR) is 116 cm³/mol. The van der Waals surface area contributed by atoms with Gasteiger partial charge < -0.3 is 5.32 Å². The van der Waals surface area contributed by atoms with Crippen LogP contribution in [0.25, 0.3) is 16.7 Å². The normalized spacial score (nSPS) is 22.1. The smallest absolute Gasteiger partial charge is 0.160 e. The number of hydrogen-bond donors (Lipinski definition) is 2. The molecule has 2 aromatic heterocycles. The van der Waals surface area contributed by atoms with Gasteiger partial charge in [0.05, 0.1) is 22.5 Å². The largest absolute Gasteiger partial charge is 0.381 e. The number of aryl methyl sites for hydroxylation is 2. The van der Waals surface area contributed by atoms with Crippen molar-refractivity contribution in [1.29, 1.82) is 0 Å². The van der Waals surface area contributed by atoms with Crippen LogP contribution in [0.2, 0.25) is 0 Å². The number of hydrogen-bond acceptors (Lipinski definition) is 5. The molecular weight excluding hydrogens is 362 g/mol. The van der Waals surface area contributed by atoms with Crippen molar-refractivity contribution in [2.24, 2.45) is 0 Å². The van der Waals surface area contributed by atoms with Crippen LogP contribution in [0.5, 0.6) is 0 Å². The van der Waals surface area contributed by atoms with E-state index in [1.54, 1.807) is 0 Å². The van der Waals surface area contributed by atoms with E-state index in [4.69, 9.17) is 14.9 Å². The fourth-order valence-electron chi connectivity index (χ4n) is 5.35. The van der Waals surface area contributed by atoms with Crippen LogP contribution < -0.4 is 10.8 Å². The first-order valence-corrected chi connectivity index (χ1v) is 11.5. The predicted octanol–water partition coefficient (Wildman–Crippen LogP) is 5.08. The third-order valence-electron chi connectivity index (χ3n) is 6.95. The average molecular weight is 396 g/mol. The van der Waals surface area contributed by atoms with E-state index in [1.165, 1.54) is 57.1 Å². The molecule has 0 amide bonds. The van der Waals surface area contributed by atoms with E-state index >= 15 is 0 Å². The van der Waals surface area contributed by atoms with E-state index in [0.717, 1.165) is 47.4 Å². The summed E-state index contributed by atoms with van der Waals surface area (Å²) < 4.78 is 2.01. The second kappa shape index (κ2) is 7.63. The summed E-state index contributed by atoms with van der Waals surface area (Å²) in [5.74, 6) is 0. The lowest BCUT2D eigenvalue weighted by Crippen LogP contribution is -2.31. The maximum atomic E-state index is 6.14. The minimum absolute atomic E-state index is 0.146. The van der Waals surface area contributed by atoms with Gasteiger partial charge in [-0.25, -0.2) is 9.67 Å². The second-order valence-corrected chi connectivity index (χ2v) is 9.01. The molecule has 5 rings (SSSR count). The Balaban J connectivity index is 1.59. The van der Waals surface area contributed by atoms with E-state index < -0.39 is 0 Å². The molecule has 1 spiro atoms. The minimum atomic E-state index is -0.146. The van der Waals surface area contributed by atoms with Crippen molar-refractivity contribution in [2.45, 2.75) is 96.2 Å². The summed E-state index contributed by atoms with van der Waals surface area (Å²) in [7, 11) is 0. The number of rotatable bonds is 4. The molecule has 156 valence electrons. The van der Waals surface area contributed by atoms with Gasteiger partial charge in [0.25, 0.3) is 0 Å². The van der Waals surface area contributed by atoms with Crippen molar-refractivity contribution in [2.75, 3.05) is 5.32 Å². The maximum Gasteiger partial charge on any atom is 0.160 e. The van der Waals surface area contributed by atoms with Crippen molar-refractivity contribution in [3.63, 3.8) is 0 Å². The zero-order valence-electron chi connectivity index (χ0n) is 17.8. The molecule has 0 aromatic carbocycles. The van der Waals surface area contributed by atoms with E-state index in [9.17, 15) is 0 Å². The quantitative estimate of drug-likeness (QED) is 0.755. The highest BCUT2D eigenvalue weighted by Crippen LogP contribution is 2.41. The van der Waals surface area contributed by atoms with Crippen molar-refractivity contribution in [1.82, 2.24) is 20.2 Å². The number of pyridine rings is 1. The Morgan fingerprint density at radius 3 is 2.69 bits per heavy atom. The molecule has 0 bridgehead atoms. The second-order valence-electron chi connectivity index (χ2n) is 9.01. The third-order valence-corrected chi connectivity index (χ3v) is 6.95. The fourth-order valence-corrected chi connectivity index (χ4v) is 5.35. The highest BCUT2D eigenvalue weighted by molar-refractivity contribution is 5.97. The van der Waals surface area contributed by atoms with Crippen LogP contribution >= 0.6 is 0 Å². The van der Waals surface area contributed by atoms with Gasteiger partial charge in [-0.3, -0.25) is 10.3 Å². The Morgan fingerprint density at radius 1 is 1.17 bits per heavy atom. The summed E-state index contributed by atoms with van der Waals surface area (Å²) in [4.78, 5) is 11.0. The highest BCUT2D eigenvalue weighted by atomic mass is 16.7. The average Bonchev–Trinajstić information content (AvgIpc) is 3.30. The first-order chi connectivity index (χ1) is 14.2. The number of nitrogens with zero attached hydrogens (tertiary/aromatic N) is 3. The van der Waals surface area contributed by atoms with Gasteiger partial charge in [0, 0.05) is 24.3 Å². The minimum Gasteiger partial charge on any atom is -0.381 e. The topological polar surface area (TPSA) is 64.0 Å². The standard InChI is InChI=1S/C23H33N5O/c1-3-28-22-20(16(2)26-28)21(25-17-10-6-4-7-11-17)18(15-24-22)19-14-23(29-27-19)12-8-5-9-13-23/h14-15,17,27H,3-13H2,1-2H3,(H,24,25). The number of anilines is 1. The lowest BCUT2D eigenvalue weighted by molar-refractivity contribution is -0.0557. The molecular formula is C23H33N5O. The van der Waals surface area contributed by atoms with Gasteiger partial charge in [-0.15, -0.1) is 0 Å². The SMILES string of the molecule is CCn1nc(C)c2c(NC3CCCCC3)c(C3=CC4(CCCCC4)ON3)cnc21. The molecule has 0 unspecified atom stereocenters. The van der Waals surface area contributed by atoms with Crippen LogP contribution in [0.1, 0.15) is 82.4 Å². The van der Waals surface area contributed by atoms with Gasteiger partial charge in [-0.1, -0.05) is 38.5 Å². The molecule has 6 heteroatoms. The molecule has 1 aliphatic heterocycles. The van der Waals surface area contributed by atoms with Gasteiger partial charge in [0.2, 0.25) is 0 Å². The van der Waals surface area contributed by atoms with Crippen LogP contribution in [0, 0.1) is 6.92 Å². The molecule has 29 heavy (non-hydrogen) atoms. The van der Waals surface area contributed by atoms with E-state index in [2.05, 4.69) is 30.7 Å².